The van der Waals surface area contributed by atoms with Crippen LogP contribution in [0.2, 0.25) is 0 Å². The van der Waals surface area contributed by atoms with Crippen LogP contribution in [0.25, 0.3) is 0 Å². The van der Waals surface area contributed by atoms with Crippen molar-refractivity contribution in [1.82, 2.24) is 4.57 Å². The smallest absolute Gasteiger partial charge is 0.234 e. The van der Waals surface area contributed by atoms with E-state index in [0.29, 0.717) is 5.92 Å². The van der Waals surface area contributed by atoms with Gasteiger partial charge in [-0.25, -0.2) is 9.13 Å². The second-order valence-electron chi connectivity index (χ2n) is 17.5. The van der Waals surface area contributed by atoms with E-state index in [1.54, 1.807) is 0 Å². The lowest BCUT2D eigenvalue weighted by Gasteiger charge is -2.12. The molecule has 3 rings (SSSR count). The van der Waals surface area contributed by atoms with Crippen molar-refractivity contribution in [3.8, 4) is 0 Å². The van der Waals surface area contributed by atoms with Crippen molar-refractivity contribution in [3.05, 3.63) is 89.5 Å². The first kappa shape index (κ1) is 47.0. The fourth-order valence-corrected chi connectivity index (χ4v) is 8.76. The molecular formula is C53H89N2+. The predicted octanol–water partition coefficient (Wildman–Crippen LogP) is 16.5. The Morgan fingerprint density at radius 1 is 0.455 bits per heavy atom. The highest BCUT2D eigenvalue weighted by atomic mass is 15.2. The van der Waals surface area contributed by atoms with Crippen molar-refractivity contribution < 1.29 is 4.57 Å². The van der Waals surface area contributed by atoms with Crippen LogP contribution in [0.5, 0.6) is 0 Å². The Kier molecular flexibility index (Phi) is 28.0. The summed E-state index contributed by atoms with van der Waals surface area (Å²) < 4.78 is 5.44. The van der Waals surface area contributed by atoms with Gasteiger partial charge in [-0.1, -0.05) is 248 Å². The quantitative estimate of drug-likeness (QED) is 0.0409. The van der Waals surface area contributed by atoms with Crippen molar-refractivity contribution in [1.29, 1.82) is 0 Å². The van der Waals surface area contributed by atoms with Crippen LogP contribution < -0.4 is 4.57 Å². The Morgan fingerprint density at radius 3 is 1.27 bits per heavy atom. The predicted molar refractivity (Wildman–Crippen MR) is 242 cm³/mol. The molecule has 2 nitrogen and oxygen atoms in total. The molecular weight excluding hydrogens is 665 g/mol. The largest absolute Gasteiger partial charge is 0.261 e. The SMILES string of the molecule is CCCCCCCCCCCCCCCCCCn1c(CC(C)c2ccccc2)c[n+](CCCCCCCCCCCCCCCC)c1Cc1ccccc1. The van der Waals surface area contributed by atoms with E-state index in [4.69, 9.17) is 0 Å². The summed E-state index contributed by atoms with van der Waals surface area (Å²) in [5.74, 6) is 2.04. The van der Waals surface area contributed by atoms with E-state index in [-0.39, 0.29) is 0 Å². The highest BCUT2D eigenvalue weighted by Crippen LogP contribution is 2.23. The number of rotatable bonds is 37. The van der Waals surface area contributed by atoms with E-state index in [0.717, 1.165) is 25.9 Å². The van der Waals surface area contributed by atoms with Crippen molar-refractivity contribution in [2.75, 3.05) is 0 Å². The van der Waals surface area contributed by atoms with E-state index in [9.17, 15) is 0 Å². The fraction of sp³-hybridized carbons (Fsp3) is 0.717. The van der Waals surface area contributed by atoms with Gasteiger partial charge in [-0.05, 0) is 42.7 Å². The summed E-state index contributed by atoms with van der Waals surface area (Å²) in [4.78, 5) is 0. The van der Waals surface area contributed by atoms with Crippen LogP contribution >= 0.6 is 0 Å². The van der Waals surface area contributed by atoms with Gasteiger partial charge in [0.15, 0.2) is 0 Å². The maximum atomic E-state index is 2.76. The van der Waals surface area contributed by atoms with E-state index in [1.165, 1.54) is 215 Å². The van der Waals surface area contributed by atoms with Gasteiger partial charge in [0.25, 0.3) is 5.82 Å². The zero-order chi connectivity index (χ0) is 38.9. The minimum Gasteiger partial charge on any atom is -0.234 e. The number of imidazole rings is 1. The third-order valence-corrected chi connectivity index (χ3v) is 12.4. The van der Waals surface area contributed by atoms with Gasteiger partial charge in [-0.15, -0.1) is 0 Å². The normalized spacial score (nSPS) is 12.1. The lowest BCUT2D eigenvalue weighted by Crippen LogP contribution is -2.37. The highest BCUT2D eigenvalue weighted by molar-refractivity contribution is 5.22. The van der Waals surface area contributed by atoms with E-state index >= 15 is 0 Å². The van der Waals surface area contributed by atoms with Gasteiger partial charge in [0.2, 0.25) is 0 Å². The second-order valence-corrected chi connectivity index (χ2v) is 17.5. The molecule has 0 amide bonds. The minimum absolute atomic E-state index is 0.514. The number of benzene rings is 2. The molecule has 0 bridgehead atoms. The Balaban J connectivity index is 1.47. The molecule has 2 heteroatoms. The molecule has 0 fully saturated rings. The van der Waals surface area contributed by atoms with Crippen LogP contribution in [0.4, 0.5) is 0 Å². The molecule has 0 radical (unpaired) electrons. The van der Waals surface area contributed by atoms with Crippen LogP contribution in [-0.2, 0) is 25.9 Å². The summed E-state index contributed by atoms with van der Waals surface area (Å²) in [7, 11) is 0. The zero-order valence-electron chi connectivity index (χ0n) is 36.9. The number of hydrogen-bond donors (Lipinski definition) is 0. The molecule has 3 aromatic rings. The molecule has 0 aliphatic carbocycles. The van der Waals surface area contributed by atoms with Crippen molar-refractivity contribution in [2.24, 2.45) is 0 Å². The van der Waals surface area contributed by atoms with Crippen LogP contribution in [0.15, 0.2) is 66.9 Å². The molecule has 1 unspecified atom stereocenters. The molecule has 1 atom stereocenters. The summed E-state index contributed by atoms with van der Waals surface area (Å²) >= 11 is 0. The Bertz CT molecular complexity index is 1260. The lowest BCUT2D eigenvalue weighted by atomic mass is 9.96. The molecule has 0 spiro atoms. The Morgan fingerprint density at radius 2 is 0.836 bits per heavy atom. The summed E-state index contributed by atoms with van der Waals surface area (Å²) in [6.07, 6.45) is 47.3. The number of aromatic nitrogens is 2. The minimum atomic E-state index is 0.514. The first-order chi connectivity index (χ1) is 27.2. The Labute approximate surface area is 342 Å². The van der Waals surface area contributed by atoms with Crippen molar-refractivity contribution in [2.45, 2.75) is 245 Å². The van der Waals surface area contributed by atoms with Crippen molar-refractivity contribution in [3.63, 3.8) is 0 Å². The molecule has 0 saturated heterocycles. The van der Waals surface area contributed by atoms with Crippen LogP contribution in [0.1, 0.15) is 242 Å². The van der Waals surface area contributed by atoms with E-state index < -0.39 is 0 Å². The third-order valence-electron chi connectivity index (χ3n) is 12.4. The van der Waals surface area contributed by atoms with Gasteiger partial charge in [0, 0.05) is 6.42 Å². The molecule has 1 aromatic heterocycles. The van der Waals surface area contributed by atoms with Gasteiger partial charge in [0.05, 0.1) is 19.5 Å². The van der Waals surface area contributed by atoms with Gasteiger partial charge >= 0.3 is 0 Å². The monoisotopic (exact) mass is 754 g/mol. The second kappa shape index (κ2) is 32.7. The number of hydrogen-bond acceptors (Lipinski definition) is 0. The maximum Gasteiger partial charge on any atom is 0.261 e. The third kappa shape index (κ3) is 22.2. The average Bonchev–Trinajstić information content (AvgIpc) is 3.52. The molecule has 55 heavy (non-hydrogen) atoms. The molecule has 0 aliphatic rings. The first-order valence-corrected chi connectivity index (χ1v) is 24.4. The summed E-state index contributed by atoms with van der Waals surface area (Å²) in [5, 5.41) is 0. The van der Waals surface area contributed by atoms with E-state index in [2.05, 4.69) is 96.8 Å². The van der Waals surface area contributed by atoms with Crippen LogP contribution in [0.3, 0.4) is 0 Å². The Hall–Kier alpha value is -2.35. The number of aryl methyl sites for hydroxylation is 1. The maximum absolute atomic E-state index is 2.76. The highest BCUT2D eigenvalue weighted by Gasteiger charge is 2.25. The van der Waals surface area contributed by atoms with Crippen molar-refractivity contribution >= 4 is 0 Å². The number of nitrogens with zero attached hydrogens (tertiary/aromatic N) is 2. The molecule has 0 aliphatic heterocycles. The molecule has 1 heterocycles. The van der Waals surface area contributed by atoms with Gasteiger partial charge in [-0.3, -0.25) is 0 Å². The first-order valence-electron chi connectivity index (χ1n) is 24.4. The van der Waals surface area contributed by atoms with Gasteiger partial charge in [-0.2, -0.15) is 0 Å². The molecule has 310 valence electrons. The lowest BCUT2D eigenvalue weighted by molar-refractivity contribution is -0.704. The summed E-state index contributed by atoms with van der Waals surface area (Å²) in [6, 6.07) is 22.5. The molecule has 2 aromatic carbocycles. The van der Waals surface area contributed by atoms with Crippen LogP contribution in [0, 0.1) is 0 Å². The number of unbranched alkanes of at least 4 members (excludes halogenated alkanes) is 28. The zero-order valence-corrected chi connectivity index (χ0v) is 36.9. The summed E-state index contributed by atoms with van der Waals surface area (Å²) in [6.45, 7) is 9.36. The molecule has 0 N–H and O–H groups in total. The topological polar surface area (TPSA) is 8.81 Å². The molecule has 0 saturated carbocycles. The fourth-order valence-electron chi connectivity index (χ4n) is 8.76. The van der Waals surface area contributed by atoms with Gasteiger partial charge < -0.3 is 0 Å². The summed E-state index contributed by atoms with van der Waals surface area (Å²) in [5.41, 5.74) is 4.43. The van der Waals surface area contributed by atoms with Gasteiger partial charge in [0.1, 0.15) is 11.9 Å². The van der Waals surface area contributed by atoms with Crippen LogP contribution in [-0.4, -0.2) is 4.57 Å². The van der Waals surface area contributed by atoms with E-state index in [1.807, 2.05) is 0 Å². The average molecular weight is 754 g/mol. The standard InChI is InChI=1S/C53H89N2/c1-4-6-8-10-12-14-16-18-20-21-23-25-27-29-31-39-45-55-52(46-49(3)51-42-36-33-37-43-51)48-54(53(55)47-50-40-34-32-35-41-50)44-38-30-28-26-24-22-19-17-15-13-11-9-7-5-2/h32-37,40-43,48-49H,4-31,38-39,44-47H2,1-3H3/q+1.